The molecule has 0 aliphatic heterocycles. The van der Waals surface area contributed by atoms with E-state index in [-0.39, 0.29) is 0 Å². The summed E-state index contributed by atoms with van der Waals surface area (Å²) in [5, 5.41) is 0. The molecule has 0 aliphatic rings. The minimum Gasteiger partial charge on any atom is -0.389 e. The lowest BCUT2D eigenvalue weighted by Gasteiger charge is -1.78. The van der Waals surface area contributed by atoms with Gasteiger partial charge in [-0.3, -0.25) is 0 Å². The van der Waals surface area contributed by atoms with Gasteiger partial charge in [0.25, 0.3) is 8.68 Å². The third-order valence-electron chi connectivity index (χ3n) is 0.602. The monoisotopic (exact) mass is 102 g/mol. The van der Waals surface area contributed by atoms with Gasteiger partial charge in [-0.25, -0.2) is 0 Å². The maximum atomic E-state index is 10.2. The fourth-order valence-corrected chi connectivity index (χ4v) is 1.06. The van der Waals surface area contributed by atoms with Crippen LogP contribution in [0.1, 0.15) is 13.3 Å². The van der Waals surface area contributed by atoms with Crippen molar-refractivity contribution in [1.29, 1.82) is 0 Å². The molecule has 0 fully saturated rings. The Kier molecular flexibility index (Phi) is 3.23. The molecule has 0 atom stereocenters. The van der Waals surface area contributed by atoms with Gasteiger partial charge in [-0.15, -0.1) is 0 Å². The zero-order chi connectivity index (χ0) is 4.99. The van der Waals surface area contributed by atoms with Crippen LogP contribution in [0.25, 0.3) is 0 Å². The van der Waals surface area contributed by atoms with Gasteiger partial charge in [0.05, 0.1) is 0 Å². The minimum absolute atomic E-state index is 0.921. The first-order chi connectivity index (χ1) is 2.77. The Morgan fingerprint density at radius 3 is 2.17 bits per heavy atom. The van der Waals surface area contributed by atoms with Gasteiger partial charge < -0.3 is 4.46 Å². The van der Waals surface area contributed by atoms with Crippen LogP contribution in [0, 0.1) is 0 Å². The highest BCUT2D eigenvalue weighted by atomic mass is 28.3. The quantitative estimate of drug-likeness (QED) is 0.482. The maximum absolute atomic E-state index is 10.2. The summed E-state index contributed by atoms with van der Waals surface area (Å²) in [6.07, 6.45) is 1.06. The average Bonchev–Trinajstić information content (AvgIpc) is 1.35. The molecule has 0 aromatic heterocycles. The second-order valence-corrected chi connectivity index (χ2v) is 3.36. The first-order valence-electron chi connectivity index (χ1n) is 2.26. The molecule has 0 N–H and O–H groups in total. The van der Waals surface area contributed by atoms with Gasteiger partial charge in [0, 0.05) is 0 Å². The first-order valence-corrected chi connectivity index (χ1v) is 4.38. The summed E-state index contributed by atoms with van der Waals surface area (Å²) in [6.45, 7) is 3.85. The van der Waals surface area contributed by atoms with Gasteiger partial charge in [0.1, 0.15) is 0 Å². The molecule has 0 saturated carbocycles. The molecule has 0 aromatic carbocycles. The Balaban J connectivity index is 2.83. The van der Waals surface area contributed by atoms with Crippen molar-refractivity contribution in [2.24, 2.45) is 0 Å². The Hall–Kier alpha value is 0.0169. The second kappa shape index (κ2) is 3.22. The number of hydrogen-bond acceptors (Lipinski definition) is 1. The van der Waals surface area contributed by atoms with Crippen molar-refractivity contribution in [1.82, 2.24) is 0 Å². The predicted molar refractivity (Wildman–Crippen MR) is 27.4 cm³/mol. The maximum Gasteiger partial charge on any atom is 0.273 e. The molecule has 0 radical (unpaired) electrons. The summed E-state index contributed by atoms with van der Waals surface area (Å²) in [6, 6.07) is 0.921. The molecule has 0 saturated heterocycles. The van der Waals surface area contributed by atoms with E-state index >= 15 is 0 Å². The Morgan fingerprint density at radius 1 is 1.67 bits per heavy atom. The van der Waals surface area contributed by atoms with Crippen LogP contribution in [0.2, 0.25) is 12.6 Å². The van der Waals surface area contributed by atoms with E-state index in [1.165, 1.54) is 0 Å². The summed E-state index contributed by atoms with van der Waals surface area (Å²) >= 11 is 0. The molecular formula is C4H10OSi. The van der Waals surface area contributed by atoms with Crippen molar-refractivity contribution in [3.63, 3.8) is 0 Å². The molecule has 0 heterocycles. The SMILES string of the molecule is CCC[Si](C)=O. The van der Waals surface area contributed by atoms with Crippen LogP contribution in [0.3, 0.4) is 0 Å². The largest absolute Gasteiger partial charge is 0.389 e. The lowest BCUT2D eigenvalue weighted by Crippen LogP contribution is -1.86. The van der Waals surface area contributed by atoms with Crippen LogP contribution < -0.4 is 0 Å². The molecule has 0 aromatic rings. The highest BCUT2D eigenvalue weighted by Crippen LogP contribution is 1.85. The zero-order valence-corrected chi connectivity index (χ0v) is 5.32. The summed E-state index contributed by atoms with van der Waals surface area (Å²) in [5.41, 5.74) is 0. The van der Waals surface area contributed by atoms with E-state index < -0.39 is 8.68 Å². The summed E-state index contributed by atoms with van der Waals surface area (Å²) in [5.74, 6) is 0. The lowest BCUT2D eigenvalue weighted by molar-refractivity contribution is 0.563. The van der Waals surface area contributed by atoms with Crippen molar-refractivity contribution >= 4 is 8.68 Å². The van der Waals surface area contributed by atoms with Crippen molar-refractivity contribution in [2.45, 2.75) is 25.9 Å². The van der Waals surface area contributed by atoms with E-state index in [4.69, 9.17) is 0 Å². The average molecular weight is 102 g/mol. The van der Waals surface area contributed by atoms with Gasteiger partial charge in [0.15, 0.2) is 0 Å². The van der Waals surface area contributed by atoms with Crippen LogP contribution in [-0.4, -0.2) is 8.68 Å². The second-order valence-electron chi connectivity index (χ2n) is 1.45. The predicted octanol–water partition coefficient (Wildman–Crippen LogP) is 1.45. The van der Waals surface area contributed by atoms with Crippen molar-refractivity contribution in [3.8, 4) is 0 Å². The highest BCUT2D eigenvalue weighted by molar-refractivity contribution is 6.40. The van der Waals surface area contributed by atoms with E-state index in [1.54, 1.807) is 6.55 Å². The third-order valence-corrected chi connectivity index (χ3v) is 1.81. The van der Waals surface area contributed by atoms with E-state index in [0.717, 1.165) is 12.5 Å². The number of rotatable bonds is 2. The van der Waals surface area contributed by atoms with Gasteiger partial charge in [-0.2, -0.15) is 0 Å². The van der Waals surface area contributed by atoms with Crippen molar-refractivity contribution in [3.05, 3.63) is 0 Å². The van der Waals surface area contributed by atoms with E-state index in [0.29, 0.717) is 0 Å². The van der Waals surface area contributed by atoms with E-state index in [2.05, 4.69) is 0 Å². The van der Waals surface area contributed by atoms with E-state index in [1.807, 2.05) is 6.92 Å². The highest BCUT2D eigenvalue weighted by Gasteiger charge is 1.88. The lowest BCUT2D eigenvalue weighted by atomic mass is 10.6. The normalized spacial score (nSPS) is 8.33. The van der Waals surface area contributed by atoms with Crippen molar-refractivity contribution in [2.75, 3.05) is 0 Å². The first kappa shape index (κ1) is 6.02. The molecule has 0 bridgehead atoms. The molecule has 0 spiro atoms. The summed E-state index contributed by atoms with van der Waals surface area (Å²) in [7, 11) is -1.14. The Bertz CT molecular complexity index is 51.5. The molecule has 1 nitrogen and oxygen atoms in total. The topological polar surface area (TPSA) is 17.1 Å². The van der Waals surface area contributed by atoms with Crippen LogP contribution in [0.15, 0.2) is 0 Å². The molecule has 0 rings (SSSR count). The summed E-state index contributed by atoms with van der Waals surface area (Å²) in [4.78, 5) is 0. The van der Waals surface area contributed by atoms with Gasteiger partial charge in [-0.05, 0) is 12.6 Å². The van der Waals surface area contributed by atoms with Gasteiger partial charge >= 0.3 is 0 Å². The molecule has 0 amide bonds. The fraction of sp³-hybridized carbons (Fsp3) is 1.00. The fourth-order valence-electron chi connectivity index (χ4n) is 0.352. The van der Waals surface area contributed by atoms with Crippen molar-refractivity contribution < 1.29 is 4.46 Å². The Labute approximate surface area is 40.0 Å². The Morgan fingerprint density at radius 2 is 2.17 bits per heavy atom. The van der Waals surface area contributed by atoms with Gasteiger partial charge in [0.2, 0.25) is 0 Å². The smallest absolute Gasteiger partial charge is 0.273 e. The van der Waals surface area contributed by atoms with Crippen LogP contribution in [-0.2, 0) is 4.46 Å². The standard InChI is InChI=1S/C4H10OSi/c1-3-4-6(2)5/h3-4H2,1-2H3. The zero-order valence-electron chi connectivity index (χ0n) is 4.32. The molecule has 2 heteroatoms. The van der Waals surface area contributed by atoms with Crippen LogP contribution in [0.4, 0.5) is 0 Å². The third kappa shape index (κ3) is 4.02. The molecule has 0 unspecified atom stereocenters. The molecule has 6 heavy (non-hydrogen) atoms. The minimum atomic E-state index is -1.14. The summed E-state index contributed by atoms with van der Waals surface area (Å²) < 4.78 is 10.2. The molecular weight excluding hydrogens is 92.1 g/mol. The van der Waals surface area contributed by atoms with Gasteiger partial charge in [-0.1, -0.05) is 13.3 Å². The molecule has 36 valence electrons. The van der Waals surface area contributed by atoms with Crippen LogP contribution in [0.5, 0.6) is 0 Å². The van der Waals surface area contributed by atoms with E-state index in [9.17, 15) is 4.46 Å². The molecule has 0 aliphatic carbocycles. The van der Waals surface area contributed by atoms with Crippen LogP contribution >= 0.6 is 0 Å². The number of hydrogen-bond donors (Lipinski definition) is 0.